The van der Waals surface area contributed by atoms with Crippen molar-refractivity contribution in [1.29, 1.82) is 0 Å². The topological polar surface area (TPSA) is 20.2 Å². The van der Waals surface area contributed by atoms with Gasteiger partial charge < -0.3 is 5.11 Å². The molecule has 0 unspecified atom stereocenters. The SMILES string of the molecule is CC[C@@H](O)c1cc(F)c(Br)cc1F. The lowest BCUT2D eigenvalue weighted by Crippen LogP contribution is -2.00. The molecule has 72 valence electrons. The van der Waals surface area contributed by atoms with Crippen molar-refractivity contribution < 1.29 is 13.9 Å². The molecule has 0 aliphatic carbocycles. The number of benzene rings is 1. The summed E-state index contributed by atoms with van der Waals surface area (Å²) < 4.78 is 26.1. The molecule has 0 amide bonds. The molecule has 1 nitrogen and oxygen atoms in total. The minimum Gasteiger partial charge on any atom is -0.388 e. The number of aliphatic hydroxyl groups excluding tert-OH is 1. The summed E-state index contributed by atoms with van der Waals surface area (Å²) in [7, 11) is 0. The van der Waals surface area contributed by atoms with Crippen LogP contribution in [0.4, 0.5) is 8.78 Å². The molecule has 1 atom stereocenters. The summed E-state index contributed by atoms with van der Waals surface area (Å²) in [6.07, 6.45) is -0.583. The van der Waals surface area contributed by atoms with Gasteiger partial charge in [-0.25, -0.2) is 8.78 Å². The third-order valence-corrected chi connectivity index (χ3v) is 2.39. The Labute approximate surface area is 83.5 Å². The highest BCUT2D eigenvalue weighted by Crippen LogP contribution is 2.25. The third-order valence-electron chi connectivity index (χ3n) is 1.79. The van der Waals surface area contributed by atoms with Crippen LogP contribution in [0, 0.1) is 11.6 Å². The van der Waals surface area contributed by atoms with Crippen LogP contribution in [0.5, 0.6) is 0 Å². The lowest BCUT2D eigenvalue weighted by molar-refractivity contribution is 0.168. The summed E-state index contributed by atoms with van der Waals surface area (Å²) in [5.74, 6) is -1.16. The Kier molecular flexibility index (Phi) is 3.39. The minimum atomic E-state index is -0.942. The zero-order chi connectivity index (χ0) is 10.0. The van der Waals surface area contributed by atoms with E-state index in [1.807, 2.05) is 0 Å². The molecule has 13 heavy (non-hydrogen) atoms. The van der Waals surface area contributed by atoms with E-state index in [0.29, 0.717) is 6.42 Å². The van der Waals surface area contributed by atoms with Crippen LogP contribution < -0.4 is 0 Å². The monoisotopic (exact) mass is 250 g/mol. The molecule has 1 aromatic rings. The van der Waals surface area contributed by atoms with E-state index in [0.717, 1.165) is 12.1 Å². The smallest absolute Gasteiger partial charge is 0.137 e. The van der Waals surface area contributed by atoms with Gasteiger partial charge in [0.15, 0.2) is 0 Å². The Hall–Kier alpha value is -0.480. The van der Waals surface area contributed by atoms with E-state index in [9.17, 15) is 13.9 Å². The molecule has 0 saturated heterocycles. The second kappa shape index (κ2) is 4.15. The summed E-state index contributed by atoms with van der Waals surface area (Å²) >= 11 is 2.85. The second-order valence-corrected chi connectivity index (χ2v) is 3.57. The van der Waals surface area contributed by atoms with Crippen molar-refractivity contribution in [2.45, 2.75) is 19.4 Å². The van der Waals surface area contributed by atoms with Crippen molar-refractivity contribution >= 4 is 15.9 Å². The van der Waals surface area contributed by atoms with Crippen LogP contribution in [0.1, 0.15) is 25.0 Å². The zero-order valence-corrected chi connectivity index (χ0v) is 8.61. The van der Waals surface area contributed by atoms with Gasteiger partial charge >= 0.3 is 0 Å². The highest BCUT2D eigenvalue weighted by atomic mass is 79.9. The number of hydrogen-bond donors (Lipinski definition) is 1. The van der Waals surface area contributed by atoms with Crippen LogP contribution in [0.15, 0.2) is 16.6 Å². The fraction of sp³-hybridized carbons (Fsp3) is 0.333. The molecule has 1 N–H and O–H groups in total. The Balaban J connectivity index is 3.15. The Morgan fingerprint density at radius 2 is 2.00 bits per heavy atom. The average Bonchev–Trinajstić information content (AvgIpc) is 2.10. The molecule has 4 heteroatoms. The Morgan fingerprint density at radius 3 is 2.54 bits per heavy atom. The molecule has 0 aliphatic heterocycles. The van der Waals surface area contributed by atoms with Gasteiger partial charge in [0.05, 0.1) is 10.6 Å². The first-order chi connectivity index (χ1) is 6.06. The molecular weight excluding hydrogens is 242 g/mol. The summed E-state index contributed by atoms with van der Waals surface area (Å²) in [6.45, 7) is 1.70. The van der Waals surface area contributed by atoms with Gasteiger partial charge in [0.2, 0.25) is 0 Å². The molecule has 0 spiro atoms. The van der Waals surface area contributed by atoms with E-state index in [2.05, 4.69) is 15.9 Å². The van der Waals surface area contributed by atoms with Crippen molar-refractivity contribution in [1.82, 2.24) is 0 Å². The molecule has 0 aromatic heterocycles. The predicted molar refractivity (Wildman–Crippen MR) is 49.3 cm³/mol. The van der Waals surface area contributed by atoms with E-state index in [-0.39, 0.29) is 10.0 Å². The summed E-state index contributed by atoms with van der Waals surface area (Å²) in [5.41, 5.74) is 0.00296. The number of hydrogen-bond acceptors (Lipinski definition) is 1. The Morgan fingerprint density at radius 1 is 1.38 bits per heavy atom. The number of rotatable bonds is 2. The van der Waals surface area contributed by atoms with Crippen LogP contribution in [-0.4, -0.2) is 5.11 Å². The third kappa shape index (κ3) is 2.25. The first-order valence-electron chi connectivity index (χ1n) is 3.88. The lowest BCUT2D eigenvalue weighted by Gasteiger charge is -2.09. The van der Waals surface area contributed by atoms with E-state index in [1.165, 1.54) is 0 Å². The van der Waals surface area contributed by atoms with E-state index >= 15 is 0 Å². The van der Waals surface area contributed by atoms with Gasteiger partial charge in [0.25, 0.3) is 0 Å². The normalized spacial score (nSPS) is 13.0. The van der Waals surface area contributed by atoms with E-state index < -0.39 is 17.7 Å². The molecule has 0 bridgehead atoms. The molecule has 0 radical (unpaired) electrons. The highest BCUT2D eigenvalue weighted by Gasteiger charge is 2.13. The number of aliphatic hydroxyl groups is 1. The fourth-order valence-corrected chi connectivity index (χ4v) is 1.33. The van der Waals surface area contributed by atoms with Crippen LogP contribution in [-0.2, 0) is 0 Å². The number of halogens is 3. The molecule has 1 aromatic carbocycles. The van der Waals surface area contributed by atoms with Crippen LogP contribution >= 0.6 is 15.9 Å². The van der Waals surface area contributed by atoms with Crippen molar-refractivity contribution in [2.75, 3.05) is 0 Å². The Bertz CT molecular complexity index is 315. The molecule has 0 aliphatic rings. The standard InChI is InChI=1S/C9H9BrF2O/c1-2-9(13)5-3-8(12)6(10)4-7(5)11/h3-4,9,13H,2H2,1H3/t9-/m1/s1. The molecule has 0 saturated carbocycles. The van der Waals surface area contributed by atoms with Gasteiger partial charge in [-0.2, -0.15) is 0 Å². The minimum absolute atomic E-state index is 0.00296. The zero-order valence-electron chi connectivity index (χ0n) is 7.02. The maximum Gasteiger partial charge on any atom is 0.137 e. The lowest BCUT2D eigenvalue weighted by atomic mass is 10.1. The first kappa shape index (κ1) is 10.6. The van der Waals surface area contributed by atoms with E-state index in [4.69, 9.17) is 0 Å². The molecule has 0 fully saturated rings. The van der Waals surface area contributed by atoms with Crippen LogP contribution in [0.2, 0.25) is 0 Å². The van der Waals surface area contributed by atoms with Gasteiger partial charge in [-0.3, -0.25) is 0 Å². The average molecular weight is 251 g/mol. The quantitative estimate of drug-likeness (QED) is 0.800. The van der Waals surface area contributed by atoms with Gasteiger partial charge in [0, 0.05) is 5.56 Å². The van der Waals surface area contributed by atoms with Crippen molar-refractivity contribution in [3.8, 4) is 0 Å². The maximum atomic E-state index is 13.1. The second-order valence-electron chi connectivity index (χ2n) is 2.71. The maximum absolute atomic E-state index is 13.1. The van der Waals surface area contributed by atoms with Gasteiger partial charge in [-0.05, 0) is 34.5 Å². The summed E-state index contributed by atoms with van der Waals surface area (Å²) in [5, 5.41) is 9.30. The molecule has 1 rings (SSSR count). The largest absolute Gasteiger partial charge is 0.388 e. The van der Waals surface area contributed by atoms with Gasteiger partial charge in [-0.15, -0.1) is 0 Å². The van der Waals surface area contributed by atoms with Gasteiger partial charge in [0.1, 0.15) is 11.6 Å². The predicted octanol–water partition coefficient (Wildman–Crippen LogP) is 3.17. The van der Waals surface area contributed by atoms with Crippen molar-refractivity contribution in [3.63, 3.8) is 0 Å². The molecular formula is C9H9BrF2O. The highest BCUT2D eigenvalue weighted by molar-refractivity contribution is 9.10. The van der Waals surface area contributed by atoms with Crippen molar-refractivity contribution in [2.24, 2.45) is 0 Å². The summed E-state index contributed by atoms with van der Waals surface area (Å²) in [4.78, 5) is 0. The van der Waals surface area contributed by atoms with Gasteiger partial charge in [-0.1, -0.05) is 6.92 Å². The first-order valence-corrected chi connectivity index (χ1v) is 4.68. The van der Waals surface area contributed by atoms with E-state index in [1.54, 1.807) is 6.92 Å². The summed E-state index contributed by atoms with van der Waals surface area (Å²) in [6, 6.07) is 2.02. The van der Waals surface area contributed by atoms with Crippen LogP contribution in [0.3, 0.4) is 0 Å². The fourth-order valence-electron chi connectivity index (χ4n) is 1.01. The molecule has 0 heterocycles. The van der Waals surface area contributed by atoms with Crippen molar-refractivity contribution in [3.05, 3.63) is 33.8 Å². The van der Waals surface area contributed by atoms with Crippen LogP contribution in [0.25, 0.3) is 0 Å².